The maximum atomic E-state index is 5.97. The van der Waals surface area contributed by atoms with E-state index in [-0.39, 0.29) is 0 Å². The fourth-order valence-electron chi connectivity index (χ4n) is 4.26. The van der Waals surface area contributed by atoms with E-state index in [0.717, 1.165) is 30.5 Å². The molecule has 2 heterocycles. The molecule has 1 aromatic carbocycles. The van der Waals surface area contributed by atoms with Gasteiger partial charge in [0.2, 0.25) is 0 Å². The third kappa shape index (κ3) is 6.22. The largest absolute Gasteiger partial charge is 0.304 e. The Kier molecular flexibility index (Phi) is 7.14. The van der Waals surface area contributed by atoms with Crippen molar-refractivity contribution >= 4 is 11.6 Å². The van der Waals surface area contributed by atoms with Gasteiger partial charge < -0.3 is 9.80 Å². The molecule has 0 aliphatic carbocycles. The Balaban J connectivity index is 1.39. The highest BCUT2D eigenvalue weighted by molar-refractivity contribution is 6.30. The van der Waals surface area contributed by atoms with Crippen molar-refractivity contribution in [3.63, 3.8) is 0 Å². The lowest BCUT2D eigenvalue weighted by Gasteiger charge is -2.35. The summed E-state index contributed by atoms with van der Waals surface area (Å²) in [5, 5.41) is 0.825. The maximum Gasteiger partial charge on any atom is 0.0406 e. The van der Waals surface area contributed by atoms with Crippen LogP contribution < -0.4 is 10.9 Å². The van der Waals surface area contributed by atoms with Crippen LogP contribution in [0.15, 0.2) is 24.3 Å². The van der Waals surface area contributed by atoms with Crippen molar-refractivity contribution in [2.75, 3.05) is 39.8 Å². The molecule has 2 N–H and O–H groups in total. The summed E-state index contributed by atoms with van der Waals surface area (Å²) in [6.45, 7) is 8.24. The smallest absolute Gasteiger partial charge is 0.0406 e. The Hall–Kier alpha value is -0.650. The summed E-state index contributed by atoms with van der Waals surface area (Å²) in [5.74, 6) is 0.802. The van der Waals surface area contributed by atoms with E-state index in [1.165, 1.54) is 44.5 Å². The summed E-state index contributed by atoms with van der Waals surface area (Å²) in [6, 6.07) is 9.48. The third-order valence-corrected chi connectivity index (χ3v) is 5.76. The summed E-state index contributed by atoms with van der Waals surface area (Å²) in [6.07, 6.45) is 5.05. The molecule has 0 aromatic heterocycles. The molecule has 2 aliphatic rings. The topological polar surface area (TPSA) is 30.5 Å². The molecule has 1 aromatic rings. The molecule has 140 valence electrons. The molecule has 3 atom stereocenters. The highest BCUT2D eigenvalue weighted by Gasteiger charge is 2.24. The van der Waals surface area contributed by atoms with E-state index in [0.29, 0.717) is 12.1 Å². The average Bonchev–Trinajstić information content (AvgIpc) is 2.99. The number of rotatable bonds is 7. The first-order chi connectivity index (χ1) is 12.1. The minimum Gasteiger partial charge on any atom is -0.304 e. The standard InChI is InChI=1S/C20H33ClN4/c1-16-12-20(23-22-16)15-24(2)13-18-4-3-10-25(14-18)11-9-17-5-7-19(21)8-6-17/h5-8,16,18,20,22-23H,3-4,9-15H2,1-2H3. The van der Waals surface area contributed by atoms with E-state index in [4.69, 9.17) is 11.6 Å². The van der Waals surface area contributed by atoms with Gasteiger partial charge in [0.25, 0.3) is 0 Å². The zero-order chi connectivity index (χ0) is 17.6. The molecule has 0 radical (unpaired) electrons. The molecule has 0 saturated carbocycles. The predicted octanol–water partition coefficient (Wildman–Crippen LogP) is 2.78. The second kappa shape index (κ2) is 9.33. The van der Waals surface area contributed by atoms with Crippen molar-refractivity contribution in [3.05, 3.63) is 34.9 Å². The third-order valence-electron chi connectivity index (χ3n) is 5.51. The van der Waals surface area contributed by atoms with Crippen LogP contribution in [0.1, 0.15) is 31.7 Å². The fourth-order valence-corrected chi connectivity index (χ4v) is 4.38. The summed E-state index contributed by atoms with van der Waals surface area (Å²) in [5.41, 5.74) is 8.13. The number of nitrogens with zero attached hydrogens (tertiary/aromatic N) is 2. The van der Waals surface area contributed by atoms with Crippen molar-refractivity contribution in [1.29, 1.82) is 0 Å². The Morgan fingerprint density at radius 1 is 1.20 bits per heavy atom. The van der Waals surface area contributed by atoms with E-state index in [2.05, 4.69) is 46.8 Å². The quantitative estimate of drug-likeness (QED) is 0.778. The van der Waals surface area contributed by atoms with Gasteiger partial charge in [-0.25, -0.2) is 0 Å². The minimum atomic E-state index is 0.588. The molecule has 5 heteroatoms. The number of halogens is 1. The van der Waals surface area contributed by atoms with Gasteiger partial charge >= 0.3 is 0 Å². The lowest BCUT2D eigenvalue weighted by Crippen LogP contribution is -2.44. The van der Waals surface area contributed by atoms with Gasteiger partial charge in [0.05, 0.1) is 0 Å². The lowest BCUT2D eigenvalue weighted by atomic mass is 9.96. The highest BCUT2D eigenvalue weighted by Crippen LogP contribution is 2.19. The number of benzene rings is 1. The van der Waals surface area contributed by atoms with E-state index >= 15 is 0 Å². The van der Waals surface area contributed by atoms with Crippen LogP contribution in [-0.2, 0) is 6.42 Å². The van der Waals surface area contributed by atoms with Crippen LogP contribution in [0.3, 0.4) is 0 Å². The highest BCUT2D eigenvalue weighted by atomic mass is 35.5. The average molecular weight is 365 g/mol. The van der Waals surface area contributed by atoms with Gasteiger partial charge in [-0.3, -0.25) is 10.9 Å². The number of nitrogens with one attached hydrogen (secondary N) is 2. The summed E-state index contributed by atoms with van der Waals surface area (Å²) in [4.78, 5) is 5.17. The first kappa shape index (κ1) is 19.1. The van der Waals surface area contributed by atoms with Crippen LogP contribution in [0.2, 0.25) is 5.02 Å². The molecular weight excluding hydrogens is 332 g/mol. The predicted molar refractivity (Wildman–Crippen MR) is 106 cm³/mol. The first-order valence-corrected chi connectivity index (χ1v) is 10.1. The van der Waals surface area contributed by atoms with Crippen molar-refractivity contribution in [2.45, 2.75) is 44.7 Å². The van der Waals surface area contributed by atoms with Crippen molar-refractivity contribution in [3.8, 4) is 0 Å². The molecule has 2 saturated heterocycles. The number of piperidine rings is 1. The summed E-state index contributed by atoms with van der Waals surface area (Å²) in [7, 11) is 2.28. The number of hydrogen-bond donors (Lipinski definition) is 2. The Bertz CT molecular complexity index is 521. The van der Waals surface area contributed by atoms with Gasteiger partial charge in [-0.2, -0.15) is 0 Å². The summed E-state index contributed by atoms with van der Waals surface area (Å²) >= 11 is 5.97. The second-order valence-electron chi connectivity index (χ2n) is 8.03. The monoisotopic (exact) mass is 364 g/mol. The maximum absolute atomic E-state index is 5.97. The van der Waals surface area contributed by atoms with Crippen LogP contribution in [0.4, 0.5) is 0 Å². The van der Waals surface area contributed by atoms with Gasteiger partial charge in [-0.05, 0) is 69.8 Å². The minimum absolute atomic E-state index is 0.588. The van der Waals surface area contributed by atoms with E-state index in [1.54, 1.807) is 0 Å². The van der Waals surface area contributed by atoms with E-state index < -0.39 is 0 Å². The summed E-state index contributed by atoms with van der Waals surface area (Å²) < 4.78 is 0. The van der Waals surface area contributed by atoms with Gasteiger partial charge in [0.1, 0.15) is 0 Å². The SMILES string of the molecule is CC1CC(CN(C)CC2CCCN(CCc3ccc(Cl)cc3)C2)NN1. The molecule has 2 aliphatic heterocycles. The number of hydrogen-bond acceptors (Lipinski definition) is 4. The zero-order valence-corrected chi connectivity index (χ0v) is 16.4. The van der Waals surface area contributed by atoms with Crippen LogP contribution in [0.25, 0.3) is 0 Å². The fraction of sp³-hybridized carbons (Fsp3) is 0.700. The number of likely N-dealkylation sites (tertiary alicyclic amines) is 1. The molecule has 0 bridgehead atoms. The lowest BCUT2D eigenvalue weighted by molar-refractivity contribution is 0.141. The Morgan fingerprint density at radius 2 is 2.00 bits per heavy atom. The van der Waals surface area contributed by atoms with E-state index in [1.807, 2.05) is 12.1 Å². The molecule has 2 fully saturated rings. The van der Waals surface area contributed by atoms with Crippen LogP contribution in [0.5, 0.6) is 0 Å². The number of likely N-dealkylation sites (N-methyl/N-ethyl adjacent to an activating group) is 1. The van der Waals surface area contributed by atoms with Crippen molar-refractivity contribution in [1.82, 2.24) is 20.7 Å². The Labute approximate surface area is 157 Å². The normalized spacial score (nSPS) is 27.9. The van der Waals surface area contributed by atoms with Crippen molar-refractivity contribution in [2.24, 2.45) is 5.92 Å². The first-order valence-electron chi connectivity index (χ1n) is 9.75. The van der Waals surface area contributed by atoms with Crippen LogP contribution >= 0.6 is 11.6 Å². The van der Waals surface area contributed by atoms with E-state index in [9.17, 15) is 0 Å². The van der Waals surface area contributed by atoms with Gasteiger partial charge in [-0.15, -0.1) is 0 Å². The zero-order valence-electron chi connectivity index (χ0n) is 15.7. The molecule has 3 unspecified atom stereocenters. The molecule has 0 spiro atoms. The molecular formula is C20H33ClN4. The molecule has 4 nitrogen and oxygen atoms in total. The number of hydrazine groups is 1. The van der Waals surface area contributed by atoms with Gasteiger partial charge in [0, 0.05) is 43.3 Å². The second-order valence-corrected chi connectivity index (χ2v) is 8.47. The molecule has 0 amide bonds. The van der Waals surface area contributed by atoms with Crippen LogP contribution in [0, 0.1) is 5.92 Å². The molecule has 25 heavy (non-hydrogen) atoms. The Morgan fingerprint density at radius 3 is 2.72 bits per heavy atom. The van der Waals surface area contributed by atoms with Crippen LogP contribution in [-0.4, -0.2) is 61.7 Å². The van der Waals surface area contributed by atoms with Gasteiger partial charge in [0.15, 0.2) is 0 Å². The van der Waals surface area contributed by atoms with Crippen molar-refractivity contribution < 1.29 is 0 Å². The molecule has 3 rings (SSSR count). The van der Waals surface area contributed by atoms with Gasteiger partial charge in [-0.1, -0.05) is 23.7 Å².